The maximum atomic E-state index is 11.8. The molecule has 0 fully saturated rings. The topological polar surface area (TPSA) is 78.7 Å². The van der Waals surface area contributed by atoms with Crippen LogP contribution in [0.2, 0.25) is 0 Å². The number of hydrogen-bond donors (Lipinski definition) is 0. The van der Waals surface area contributed by atoms with Gasteiger partial charge in [0.25, 0.3) is 5.69 Å². The molecule has 0 aliphatic carbocycles. The summed E-state index contributed by atoms with van der Waals surface area (Å²) in [5.74, 6) is 0.287. The molecule has 0 aliphatic rings. The summed E-state index contributed by atoms with van der Waals surface area (Å²) in [6.07, 6.45) is 0. The molecule has 1 rings (SSSR count). The van der Waals surface area contributed by atoms with Crippen molar-refractivity contribution >= 4 is 35.9 Å². The number of hydrogen-bond acceptors (Lipinski definition) is 5. The lowest BCUT2D eigenvalue weighted by atomic mass is 10.3. The van der Waals surface area contributed by atoms with Crippen LogP contribution in [-0.2, 0) is 9.09 Å². The van der Waals surface area contributed by atoms with Crippen LogP contribution in [0.5, 0.6) is 5.75 Å². The molecule has 0 heterocycles. The third-order valence-corrected chi connectivity index (χ3v) is 3.36. The largest absolute Gasteiger partial charge is 0.425 e. The molecule has 0 unspecified atom stereocenters. The van der Waals surface area contributed by atoms with Gasteiger partial charge < -0.3 is 4.52 Å². The van der Waals surface area contributed by atoms with Gasteiger partial charge >= 0.3 is 7.60 Å². The first-order chi connectivity index (χ1) is 7.94. The molecule has 0 amide bonds. The summed E-state index contributed by atoms with van der Waals surface area (Å²) >= 11 is 2.09. The highest BCUT2D eigenvalue weighted by Gasteiger charge is 2.18. The summed E-state index contributed by atoms with van der Waals surface area (Å²) < 4.78 is 22.7. The van der Waals surface area contributed by atoms with E-state index < -0.39 is 12.5 Å². The van der Waals surface area contributed by atoms with Gasteiger partial charge in [-0.05, 0) is 12.1 Å². The van der Waals surface area contributed by atoms with Crippen molar-refractivity contribution in [3.8, 4) is 5.75 Å². The molecule has 0 saturated carbocycles. The van der Waals surface area contributed by atoms with Crippen molar-refractivity contribution < 1.29 is 18.5 Å². The zero-order valence-electron chi connectivity index (χ0n) is 9.04. The molecular weight excluding hydrogens is 360 g/mol. The first-order valence-corrected chi connectivity index (χ1v) is 8.18. The van der Waals surface area contributed by atoms with Gasteiger partial charge in [0, 0.05) is 23.2 Å². The van der Waals surface area contributed by atoms with Crippen LogP contribution >= 0.6 is 30.2 Å². The van der Waals surface area contributed by atoms with Crippen LogP contribution in [0.4, 0.5) is 5.69 Å². The highest BCUT2D eigenvalue weighted by molar-refractivity contribution is 14.1. The third-order valence-electron chi connectivity index (χ3n) is 1.72. The maximum absolute atomic E-state index is 11.8. The van der Waals surface area contributed by atoms with E-state index in [1.165, 1.54) is 30.9 Å². The summed E-state index contributed by atoms with van der Waals surface area (Å²) in [6, 6.07) is 5.35. The van der Waals surface area contributed by atoms with E-state index in [0.29, 0.717) is 11.0 Å². The summed E-state index contributed by atoms with van der Waals surface area (Å²) in [6.45, 7) is 1.70. The van der Waals surface area contributed by atoms with Crippen LogP contribution in [0.1, 0.15) is 0 Å². The van der Waals surface area contributed by atoms with E-state index in [0.717, 1.165) is 0 Å². The van der Waals surface area contributed by atoms with Gasteiger partial charge in [-0.3, -0.25) is 14.6 Å². The van der Waals surface area contributed by atoms with Gasteiger partial charge in [-0.2, -0.15) is 0 Å². The SMILES string of the molecule is C[P@@](=O)(OCCI)Oc1ccc([N+](=O)[O-])cc1. The Morgan fingerprint density at radius 1 is 1.41 bits per heavy atom. The first-order valence-electron chi connectivity index (χ1n) is 4.67. The summed E-state index contributed by atoms with van der Waals surface area (Å²) in [5.41, 5.74) is -0.0449. The Bertz CT molecular complexity index is 436. The number of non-ortho nitro benzene ring substituents is 1. The lowest BCUT2D eigenvalue weighted by Gasteiger charge is -2.14. The number of nitro benzene ring substituents is 1. The van der Waals surface area contributed by atoms with Crippen molar-refractivity contribution in [1.29, 1.82) is 0 Å². The van der Waals surface area contributed by atoms with E-state index in [1.807, 2.05) is 0 Å². The monoisotopic (exact) mass is 371 g/mol. The second-order valence-electron chi connectivity index (χ2n) is 3.14. The quantitative estimate of drug-likeness (QED) is 0.252. The van der Waals surface area contributed by atoms with E-state index >= 15 is 0 Å². The van der Waals surface area contributed by atoms with Crippen molar-refractivity contribution in [2.45, 2.75) is 0 Å². The number of benzene rings is 1. The number of nitrogens with zero attached hydrogens (tertiary/aromatic N) is 1. The Morgan fingerprint density at radius 3 is 2.47 bits per heavy atom. The van der Waals surface area contributed by atoms with E-state index in [-0.39, 0.29) is 11.4 Å². The minimum atomic E-state index is -3.14. The second kappa shape index (κ2) is 6.32. The Hall–Kier alpha value is -0.660. The van der Waals surface area contributed by atoms with E-state index in [9.17, 15) is 14.7 Å². The number of rotatable bonds is 6. The summed E-state index contributed by atoms with van der Waals surface area (Å²) in [4.78, 5) is 9.91. The molecule has 0 aliphatic heterocycles. The zero-order chi connectivity index (χ0) is 12.9. The molecular formula is C9H11INO5P. The lowest BCUT2D eigenvalue weighted by molar-refractivity contribution is -0.384. The molecule has 0 N–H and O–H groups in total. The predicted molar refractivity (Wildman–Crippen MR) is 72.1 cm³/mol. The fraction of sp³-hybridized carbons (Fsp3) is 0.333. The van der Waals surface area contributed by atoms with Crippen LogP contribution in [-0.4, -0.2) is 22.6 Å². The summed E-state index contributed by atoms with van der Waals surface area (Å²) in [5, 5.41) is 10.4. The minimum Gasteiger partial charge on any atom is -0.425 e. The maximum Gasteiger partial charge on any atom is 0.376 e. The highest BCUT2D eigenvalue weighted by Crippen LogP contribution is 2.44. The van der Waals surface area contributed by atoms with Crippen LogP contribution in [0.15, 0.2) is 24.3 Å². The molecule has 0 aromatic heterocycles. The molecule has 0 saturated heterocycles. The second-order valence-corrected chi connectivity index (χ2v) is 6.20. The van der Waals surface area contributed by atoms with E-state index in [2.05, 4.69) is 22.6 Å². The van der Waals surface area contributed by atoms with Crippen molar-refractivity contribution in [3.63, 3.8) is 0 Å². The molecule has 17 heavy (non-hydrogen) atoms. The fourth-order valence-electron chi connectivity index (χ4n) is 1.05. The van der Waals surface area contributed by atoms with Gasteiger partial charge in [0.15, 0.2) is 0 Å². The van der Waals surface area contributed by atoms with E-state index in [4.69, 9.17) is 9.05 Å². The average molecular weight is 371 g/mol. The molecule has 1 aromatic carbocycles. The van der Waals surface area contributed by atoms with Crippen LogP contribution in [0.3, 0.4) is 0 Å². The Balaban J connectivity index is 2.68. The Kier molecular flexibility index (Phi) is 5.35. The van der Waals surface area contributed by atoms with Gasteiger partial charge in [-0.1, -0.05) is 22.6 Å². The number of nitro groups is 1. The molecule has 0 radical (unpaired) electrons. The lowest BCUT2D eigenvalue weighted by Crippen LogP contribution is -1.99. The molecule has 0 bridgehead atoms. The zero-order valence-corrected chi connectivity index (χ0v) is 12.1. The average Bonchev–Trinajstić information content (AvgIpc) is 2.26. The van der Waals surface area contributed by atoms with Crippen molar-refractivity contribution in [2.24, 2.45) is 0 Å². The molecule has 8 heteroatoms. The standard InChI is InChI=1S/C9H11INO5P/c1-17(14,15-7-6-10)16-9-4-2-8(3-5-9)11(12)13/h2-5H,6-7H2,1H3/t17-/m1/s1. The van der Waals surface area contributed by atoms with Crippen LogP contribution in [0.25, 0.3) is 0 Å². The normalized spacial score (nSPS) is 14.0. The highest BCUT2D eigenvalue weighted by atomic mass is 127. The Labute approximate surface area is 112 Å². The van der Waals surface area contributed by atoms with Gasteiger partial charge in [0.05, 0.1) is 11.5 Å². The number of alkyl halides is 1. The fourth-order valence-corrected chi connectivity index (χ4v) is 2.60. The molecule has 6 nitrogen and oxygen atoms in total. The molecule has 94 valence electrons. The van der Waals surface area contributed by atoms with Crippen LogP contribution < -0.4 is 4.52 Å². The first kappa shape index (κ1) is 14.4. The molecule has 0 spiro atoms. The molecule has 1 atom stereocenters. The van der Waals surface area contributed by atoms with Crippen molar-refractivity contribution in [3.05, 3.63) is 34.4 Å². The predicted octanol–water partition coefficient (Wildman–Crippen LogP) is 3.25. The summed E-state index contributed by atoms with van der Waals surface area (Å²) in [7, 11) is -3.14. The van der Waals surface area contributed by atoms with E-state index in [1.54, 1.807) is 0 Å². The number of halogens is 1. The van der Waals surface area contributed by atoms with Gasteiger partial charge in [0.1, 0.15) is 5.75 Å². The van der Waals surface area contributed by atoms with Crippen LogP contribution in [0, 0.1) is 10.1 Å². The Morgan fingerprint density at radius 2 is 2.00 bits per heavy atom. The van der Waals surface area contributed by atoms with Gasteiger partial charge in [-0.25, -0.2) is 4.57 Å². The van der Waals surface area contributed by atoms with Crippen molar-refractivity contribution in [1.82, 2.24) is 0 Å². The van der Waals surface area contributed by atoms with Gasteiger partial charge in [0.2, 0.25) is 0 Å². The third kappa shape index (κ3) is 5.01. The van der Waals surface area contributed by atoms with Crippen molar-refractivity contribution in [2.75, 3.05) is 17.7 Å². The smallest absolute Gasteiger partial charge is 0.376 e. The minimum absolute atomic E-state index is 0.0449. The van der Waals surface area contributed by atoms with Gasteiger partial charge in [-0.15, -0.1) is 0 Å². The molecule has 1 aromatic rings.